The maximum absolute atomic E-state index is 12.8. The summed E-state index contributed by atoms with van der Waals surface area (Å²) in [6.45, 7) is 1.69. The van der Waals surface area contributed by atoms with Gasteiger partial charge in [-0.25, -0.2) is 9.07 Å². The summed E-state index contributed by atoms with van der Waals surface area (Å²) in [6.07, 6.45) is -3.10. The molecule has 1 aromatic carbocycles. The Morgan fingerprint density at radius 1 is 1.32 bits per heavy atom. The molecule has 0 unspecified atom stereocenters. The molecular formula is C12H10F3N3O. The van der Waals surface area contributed by atoms with E-state index < -0.39 is 12.3 Å². The van der Waals surface area contributed by atoms with Gasteiger partial charge in [0.15, 0.2) is 5.82 Å². The molecule has 19 heavy (non-hydrogen) atoms. The zero-order chi connectivity index (χ0) is 14.0. The maximum atomic E-state index is 12.8. The van der Waals surface area contributed by atoms with E-state index in [0.717, 1.165) is 0 Å². The van der Waals surface area contributed by atoms with Gasteiger partial charge in [0.25, 0.3) is 5.91 Å². The van der Waals surface area contributed by atoms with Crippen molar-refractivity contribution in [3.8, 4) is 5.69 Å². The van der Waals surface area contributed by atoms with Crippen molar-refractivity contribution in [2.24, 2.45) is 0 Å². The second kappa shape index (κ2) is 5.13. The van der Waals surface area contributed by atoms with Crippen LogP contribution in [0.2, 0.25) is 0 Å². The van der Waals surface area contributed by atoms with Crippen LogP contribution in [0.4, 0.5) is 19.0 Å². The fourth-order valence-electron chi connectivity index (χ4n) is 1.56. The fourth-order valence-corrected chi connectivity index (χ4v) is 1.56. The standard InChI is InChI=1S/C12H10F3N3O/c1-7-6-10(16-12(19)11(14)15)17-18(7)9-4-2-8(13)3-5-9/h2-6,11H,1H3,(H,16,17,19). The first-order chi connectivity index (χ1) is 8.97. The topological polar surface area (TPSA) is 46.9 Å². The summed E-state index contributed by atoms with van der Waals surface area (Å²) in [5, 5.41) is 5.95. The lowest BCUT2D eigenvalue weighted by molar-refractivity contribution is -0.126. The monoisotopic (exact) mass is 269 g/mol. The number of nitrogens with zero attached hydrogens (tertiary/aromatic N) is 2. The summed E-state index contributed by atoms with van der Waals surface area (Å²) in [6, 6.07) is 6.95. The Balaban J connectivity index is 2.26. The third-order valence-corrected chi connectivity index (χ3v) is 2.41. The van der Waals surface area contributed by atoms with Crippen molar-refractivity contribution in [3.63, 3.8) is 0 Å². The number of amides is 1. The van der Waals surface area contributed by atoms with E-state index in [1.165, 1.54) is 35.0 Å². The summed E-state index contributed by atoms with van der Waals surface area (Å²) in [5.74, 6) is -1.78. The zero-order valence-electron chi connectivity index (χ0n) is 9.90. The number of alkyl halides is 2. The van der Waals surface area contributed by atoms with Crippen LogP contribution in [0.5, 0.6) is 0 Å². The van der Waals surface area contributed by atoms with Crippen LogP contribution in [0.1, 0.15) is 5.69 Å². The smallest absolute Gasteiger partial charge is 0.304 e. The van der Waals surface area contributed by atoms with Crippen molar-refractivity contribution in [2.75, 3.05) is 5.32 Å². The normalized spacial score (nSPS) is 10.8. The van der Waals surface area contributed by atoms with E-state index in [-0.39, 0.29) is 11.6 Å². The number of benzene rings is 1. The van der Waals surface area contributed by atoms with Gasteiger partial charge in [-0.3, -0.25) is 4.79 Å². The van der Waals surface area contributed by atoms with Gasteiger partial charge >= 0.3 is 6.43 Å². The predicted molar refractivity (Wildman–Crippen MR) is 62.9 cm³/mol. The third-order valence-electron chi connectivity index (χ3n) is 2.41. The van der Waals surface area contributed by atoms with Crippen LogP contribution in [-0.4, -0.2) is 22.1 Å². The highest BCUT2D eigenvalue weighted by atomic mass is 19.3. The average Bonchev–Trinajstić information content (AvgIpc) is 2.71. The first kappa shape index (κ1) is 13.1. The molecular weight excluding hydrogens is 259 g/mol. The molecule has 0 fully saturated rings. The summed E-state index contributed by atoms with van der Waals surface area (Å²) in [5.41, 5.74) is 1.19. The van der Waals surface area contributed by atoms with E-state index in [1.807, 2.05) is 5.32 Å². The van der Waals surface area contributed by atoms with Gasteiger partial charge in [0.05, 0.1) is 5.69 Å². The second-order valence-corrected chi connectivity index (χ2v) is 3.85. The molecule has 0 saturated heterocycles. The van der Waals surface area contributed by atoms with Crippen molar-refractivity contribution in [1.82, 2.24) is 9.78 Å². The molecule has 0 spiro atoms. The number of aromatic nitrogens is 2. The van der Waals surface area contributed by atoms with Crippen LogP contribution in [-0.2, 0) is 4.79 Å². The number of carbonyl (C=O) groups excluding carboxylic acids is 1. The first-order valence-electron chi connectivity index (χ1n) is 5.39. The van der Waals surface area contributed by atoms with Gasteiger partial charge < -0.3 is 5.32 Å². The molecule has 0 saturated carbocycles. The number of hydrogen-bond donors (Lipinski definition) is 1. The van der Waals surface area contributed by atoms with Crippen molar-refractivity contribution in [1.29, 1.82) is 0 Å². The molecule has 2 rings (SSSR count). The first-order valence-corrected chi connectivity index (χ1v) is 5.39. The molecule has 2 aromatic rings. The van der Waals surface area contributed by atoms with E-state index in [1.54, 1.807) is 6.92 Å². The minimum atomic E-state index is -3.10. The van der Waals surface area contributed by atoms with Gasteiger partial charge in [-0.15, -0.1) is 5.10 Å². The molecule has 1 aromatic heterocycles. The van der Waals surface area contributed by atoms with E-state index >= 15 is 0 Å². The molecule has 7 heteroatoms. The largest absolute Gasteiger partial charge is 0.315 e. The van der Waals surface area contributed by atoms with Crippen molar-refractivity contribution < 1.29 is 18.0 Å². The Kier molecular flexibility index (Phi) is 3.55. The van der Waals surface area contributed by atoms with E-state index in [9.17, 15) is 18.0 Å². The molecule has 0 radical (unpaired) electrons. The molecule has 0 bridgehead atoms. The number of carbonyl (C=O) groups is 1. The van der Waals surface area contributed by atoms with Crippen LogP contribution in [0.25, 0.3) is 5.69 Å². The maximum Gasteiger partial charge on any atom is 0.315 e. The highest BCUT2D eigenvalue weighted by Gasteiger charge is 2.17. The molecule has 1 amide bonds. The lowest BCUT2D eigenvalue weighted by Crippen LogP contribution is -2.20. The van der Waals surface area contributed by atoms with E-state index in [0.29, 0.717) is 11.4 Å². The zero-order valence-corrected chi connectivity index (χ0v) is 9.90. The van der Waals surface area contributed by atoms with Gasteiger partial charge in [0.1, 0.15) is 5.82 Å². The summed E-state index contributed by atoms with van der Waals surface area (Å²) in [7, 11) is 0. The summed E-state index contributed by atoms with van der Waals surface area (Å²) >= 11 is 0. The Morgan fingerprint density at radius 3 is 2.53 bits per heavy atom. The molecule has 100 valence electrons. The molecule has 1 heterocycles. The van der Waals surface area contributed by atoms with Crippen LogP contribution in [0.15, 0.2) is 30.3 Å². The van der Waals surface area contributed by atoms with Gasteiger partial charge in [0, 0.05) is 11.8 Å². The summed E-state index contributed by atoms with van der Waals surface area (Å²) in [4.78, 5) is 10.9. The number of anilines is 1. The van der Waals surface area contributed by atoms with Crippen molar-refractivity contribution in [2.45, 2.75) is 13.3 Å². The lowest BCUT2D eigenvalue weighted by Gasteiger charge is -2.03. The number of aryl methyl sites for hydroxylation is 1. The minimum absolute atomic E-state index is 0.0205. The Bertz CT molecular complexity index is 593. The molecule has 4 nitrogen and oxygen atoms in total. The third kappa shape index (κ3) is 2.93. The molecule has 0 atom stereocenters. The highest BCUT2D eigenvalue weighted by molar-refractivity contribution is 5.92. The number of nitrogens with one attached hydrogen (secondary N) is 1. The van der Waals surface area contributed by atoms with Crippen LogP contribution in [0.3, 0.4) is 0 Å². The highest BCUT2D eigenvalue weighted by Crippen LogP contribution is 2.16. The Morgan fingerprint density at radius 2 is 1.95 bits per heavy atom. The van der Waals surface area contributed by atoms with Crippen LogP contribution < -0.4 is 5.32 Å². The molecule has 0 aliphatic heterocycles. The quantitative estimate of drug-likeness (QED) is 0.930. The molecule has 0 aliphatic carbocycles. The number of rotatable bonds is 3. The number of halogens is 3. The van der Waals surface area contributed by atoms with Crippen molar-refractivity contribution >= 4 is 11.7 Å². The second-order valence-electron chi connectivity index (χ2n) is 3.85. The minimum Gasteiger partial charge on any atom is -0.304 e. The van der Waals surface area contributed by atoms with Gasteiger partial charge in [-0.2, -0.15) is 8.78 Å². The predicted octanol–water partition coefficient (Wildman–Crippen LogP) is 2.52. The fraction of sp³-hybridized carbons (Fsp3) is 0.167. The number of hydrogen-bond acceptors (Lipinski definition) is 2. The van der Waals surface area contributed by atoms with Gasteiger partial charge in [0.2, 0.25) is 0 Å². The van der Waals surface area contributed by atoms with E-state index in [2.05, 4.69) is 5.10 Å². The lowest BCUT2D eigenvalue weighted by atomic mass is 10.3. The summed E-state index contributed by atoms with van der Waals surface area (Å²) < 4.78 is 38.4. The van der Waals surface area contributed by atoms with Crippen LogP contribution in [0, 0.1) is 12.7 Å². The molecule has 0 aliphatic rings. The van der Waals surface area contributed by atoms with E-state index in [4.69, 9.17) is 0 Å². The van der Waals surface area contributed by atoms with Gasteiger partial charge in [-0.05, 0) is 31.2 Å². The molecule has 1 N–H and O–H groups in total. The Hall–Kier alpha value is -2.31. The Labute approximate surface area is 106 Å². The van der Waals surface area contributed by atoms with Gasteiger partial charge in [-0.1, -0.05) is 0 Å². The van der Waals surface area contributed by atoms with Crippen LogP contribution >= 0.6 is 0 Å². The average molecular weight is 269 g/mol. The SMILES string of the molecule is Cc1cc(NC(=O)C(F)F)nn1-c1ccc(F)cc1. The van der Waals surface area contributed by atoms with Crippen molar-refractivity contribution in [3.05, 3.63) is 41.8 Å².